The number of hydrogen-bond donors (Lipinski definition) is 2. The van der Waals surface area contributed by atoms with Crippen molar-refractivity contribution in [3.05, 3.63) is 16.3 Å². The topological polar surface area (TPSA) is 79.5 Å². The van der Waals surface area contributed by atoms with Crippen LogP contribution in [-0.4, -0.2) is 64.0 Å². The fourth-order valence-corrected chi connectivity index (χ4v) is 3.67. The first kappa shape index (κ1) is 24.9. The van der Waals surface area contributed by atoms with Crippen LogP contribution in [0.1, 0.15) is 52.8 Å². The molecule has 0 saturated heterocycles. The zero-order valence-corrected chi connectivity index (χ0v) is 20.4. The Kier molecular flexibility index (Phi) is 11.1. The van der Waals surface area contributed by atoms with Crippen molar-refractivity contribution in [3.63, 3.8) is 0 Å². The maximum Gasteiger partial charge on any atom is 0.345 e. The first-order valence-corrected chi connectivity index (χ1v) is 10.3. The molecule has 0 atom stereocenters. The molecule has 8 nitrogen and oxygen atoms in total. The number of hydrogen-bond acceptors (Lipinski definition) is 4. The summed E-state index contributed by atoms with van der Waals surface area (Å²) in [4.78, 5) is 19.0. The van der Waals surface area contributed by atoms with Gasteiger partial charge in [-0.15, -0.1) is 24.0 Å². The molecule has 1 aliphatic heterocycles. The fourth-order valence-electron chi connectivity index (χ4n) is 3.67. The third-order valence-corrected chi connectivity index (χ3v) is 5.08. The molecular formula is C19H38IN7O. The van der Waals surface area contributed by atoms with E-state index in [4.69, 9.17) is 0 Å². The minimum absolute atomic E-state index is 0. The number of fused-ring (bicyclic) bond motifs is 1. The number of rotatable bonds is 9. The Hall–Kier alpha value is -1.10. The van der Waals surface area contributed by atoms with Gasteiger partial charge in [0.05, 0.1) is 0 Å². The van der Waals surface area contributed by atoms with Gasteiger partial charge < -0.3 is 10.6 Å². The van der Waals surface area contributed by atoms with Crippen molar-refractivity contribution in [1.82, 2.24) is 29.9 Å². The van der Waals surface area contributed by atoms with Crippen molar-refractivity contribution in [3.8, 4) is 0 Å². The lowest BCUT2D eigenvalue weighted by molar-refractivity contribution is 0.178. The van der Waals surface area contributed by atoms with Crippen LogP contribution in [-0.2, 0) is 19.5 Å². The SMILES string of the molecule is CN=C(NCCCn1nc2n(c1=O)CCCC2)NCCN(C(C)C)C(C)C.I. The molecule has 0 amide bonds. The summed E-state index contributed by atoms with van der Waals surface area (Å²) < 4.78 is 3.44. The highest BCUT2D eigenvalue weighted by Gasteiger charge is 2.16. The third-order valence-electron chi connectivity index (χ3n) is 5.08. The average molecular weight is 507 g/mol. The highest BCUT2D eigenvalue weighted by molar-refractivity contribution is 14.0. The van der Waals surface area contributed by atoms with Gasteiger partial charge in [-0.2, -0.15) is 5.10 Å². The van der Waals surface area contributed by atoms with Crippen LogP contribution in [0.5, 0.6) is 0 Å². The molecule has 2 N–H and O–H groups in total. The summed E-state index contributed by atoms with van der Waals surface area (Å²) in [6.07, 6.45) is 3.96. The molecule has 0 unspecified atom stereocenters. The molecule has 0 aliphatic carbocycles. The second-order valence-corrected chi connectivity index (χ2v) is 7.74. The van der Waals surface area contributed by atoms with E-state index < -0.39 is 0 Å². The highest BCUT2D eigenvalue weighted by Crippen LogP contribution is 2.09. The number of guanidine groups is 1. The van der Waals surface area contributed by atoms with E-state index >= 15 is 0 Å². The van der Waals surface area contributed by atoms with Crippen LogP contribution < -0.4 is 16.3 Å². The van der Waals surface area contributed by atoms with Gasteiger partial charge in [0.25, 0.3) is 0 Å². The van der Waals surface area contributed by atoms with E-state index in [1.165, 1.54) is 0 Å². The summed E-state index contributed by atoms with van der Waals surface area (Å²) in [5.74, 6) is 1.75. The molecule has 1 aliphatic rings. The largest absolute Gasteiger partial charge is 0.356 e. The Morgan fingerprint density at radius 1 is 1.18 bits per heavy atom. The molecule has 9 heteroatoms. The predicted molar refractivity (Wildman–Crippen MR) is 126 cm³/mol. The first-order chi connectivity index (χ1) is 12.9. The molecular weight excluding hydrogens is 469 g/mol. The highest BCUT2D eigenvalue weighted by atomic mass is 127. The second-order valence-electron chi connectivity index (χ2n) is 7.74. The van der Waals surface area contributed by atoms with Gasteiger partial charge in [0.1, 0.15) is 5.82 Å². The van der Waals surface area contributed by atoms with Crippen molar-refractivity contribution in [1.29, 1.82) is 0 Å². The lowest BCUT2D eigenvalue weighted by Gasteiger charge is -2.30. The minimum Gasteiger partial charge on any atom is -0.356 e. The zero-order chi connectivity index (χ0) is 19.8. The van der Waals surface area contributed by atoms with Gasteiger partial charge in [0.15, 0.2) is 5.96 Å². The van der Waals surface area contributed by atoms with E-state index in [0.29, 0.717) is 18.6 Å². The fraction of sp³-hybridized carbons (Fsp3) is 0.842. The molecule has 162 valence electrons. The van der Waals surface area contributed by atoms with Gasteiger partial charge in [0, 0.05) is 58.3 Å². The standard InChI is InChI=1S/C19H37N7O.HI/c1-15(2)24(16(3)4)14-11-22-18(20-5)21-10-8-13-26-19(27)25-12-7-6-9-17(25)23-26;/h15-16H,6-14H2,1-5H3,(H2,20,21,22);1H. The van der Waals surface area contributed by atoms with Crippen LogP contribution in [0, 0.1) is 0 Å². The van der Waals surface area contributed by atoms with Gasteiger partial charge in [-0.3, -0.25) is 14.5 Å². The summed E-state index contributed by atoms with van der Waals surface area (Å²) in [7, 11) is 1.78. The van der Waals surface area contributed by atoms with E-state index in [1.807, 2.05) is 4.57 Å². The van der Waals surface area contributed by atoms with Crippen LogP contribution in [0.15, 0.2) is 9.79 Å². The molecule has 1 aromatic rings. The van der Waals surface area contributed by atoms with E-state index in [2.05, 4.69) is 53.3 Å². The second kappa shape index (κ2) is 12.5. The number of aliphatic imine (C=N–C) groups is 1. The molecule has 2 heterocycles. The smallest absolute Gasteiger partial charge is 0.345 e. The Balaban J connectivity index is 0.00000392. The maximum absolute atomic E-state index is 12.3. The number of nitrogens with zero attached hydrogens (tertiary/aromatic N) is 5. The Morgan fingerprint density at radius 3 is 2.46 bits per heavy atom. The summed E-state index contributed by atoms with van der Waals surface area (Å²) in [6.45, 7) is 12.9. The minimum atomic E-state index is 0. The molecule has 2 rings (SSSR count). The van der Waals surface area contributed by atoms with Crippen LogP contribution in [0.25, 0.3) is 0 Å². The van der Waals surface area contributed by atoms with E-state index in [-0.39, 0.29) is 29.7 Å². The predicted octanol–water partition coefficient (Wildman–Crippen LogP) is 1.67. The first-order valence-electron chi connectivity index (χ1n) is 10.3. The van der Waals surface area contributed by atoms with Crippen LogP contribution in [0.3, 0.4) is 0 Å². The molecule has 0 bridgehead atoms. The van der Waals surface area contributed by atoms with Crippen LogP contribution in [0.2, 0.25) is 0 Å². The lowest BCUT2D eigenvalue weighted by atomic mass is 10.2. The van der Waals surface area contributed by atoms with Crippen LogP contribution >= 0.6 is 24.0 Å². The van der Waals surface area contributed by atoms with E-state index in [0.717, 1.165) is 63.6 Å². The van der Waals surface area contributed by atoms with Gasteiger partial charge >= 0.3 is 5.69 Å². The Morgan fingerprint density at radius 2 is 1.86 bits per heavy atom. The van der Waals surface area contributed by atoms with Crippen molar-refractivity contribution in [2.45, 2.75) is 78.6 Å². The number of nitrogens with one attached hydrogen (secondary N) is 2. The Bertz CT molecular complexity index is 658. The molecule has 0 fully saturated rings. The van der Waals surface area contributed by atoms with E-state index in [9.17, 15) is 4.79 Å². The normalized spacial score (nSPS) is 14.4. The van der Waals surface area contributed by atoms with Crippen LogP contribution in [0.4, 0.5) is 0 Å². The molecule has 0 aromatic carbocycles. The third kappa shape index (κ3) is 7.06. The van der Waals surface area contributed by atoms with Gasteiger partial charge in [-0.1, -0.05) is 0 Å². The van der Waals surface area contributed by atoms with Crippen molar-refractivity contribution >= 4 is 29.9 Å². The number of halogens is 1. The lowest BCUT2D eigenvalue weighted by Crippen LogP contribution is -2.45. The number of aromatic nitrogens is 3. The van der Waals surface area contributed by atoms with Crippen molar-refractivity contribution in [2.75, 3.05) is 26.7 Å². The van der Waals surface area contributed by atoms with Gasteiger partial charge in [0.2, 0.25) is 0 Å². The monoisotopic (exact) mass is 507 g/mol. The van der Waals surface area contributed by atoms with Crippen molar-refractivity contribution < 1.29 is 0 Å². The summed E-state index contributed by atoms with van der Waals surface area (Å²) in [6, 6.07) is 1.06. The Labute approximate surface area is 186 Å². The molecule has 0 radical (unpaired) electrons. The molecule has 0 spiro atoms. The zero-order valence-electron chi connectivity index (χ0n) is 18.1. The maximum atomic E-state index is 12.3. The van der Waals surface area contributed by atoms with Crippen molar-refractivity contribution in [2.24, 2.45) is 4.99 Å². The molecule has 1 aromatic heterocycles. The number of aryl methyl sites for hydroxylation is 2. The summed E-state index contributed by atoms with van der Waals surface area (Å²) >= 11 is 0. The average Bonchev–Trinajstić information content (AvgIpc) is 2.96. The molecule has 0 saturated carbocycles. The quantitative estimate of drug-likeness (QED) is 0.230. The van der Waals surface area contributed by atoms with Gasteiger partial charge in [-0.05, 0) is 47.0 Å². The van der Waals surface area contributed by atoms with E-state index in [1.54, 1.807) is 11.7 Å². The van der Waals surface area contributed by atoms with Gasteiger partial charge in [-0.25, -0.2) is 9.48 Å². The summed E-state index contributed by atoms with van der Waals surface area (Å²) in [5.41, 5.74) is 0.0367. The summed E-state index contributed by atoms with van der Waals surface area (Å²) in [5, 5.41) is 11.2. The molecule has 28 heavy (non-hydrogen) atoms.